The molecule has 18 heavy (non-hydrogen) atoms. The zero-order valence-corrected chi connectivity index (χ0v) is 10.5. The van der Waals surface area contributed by atoms with Crippen LogP contribution in [-0.4, -0.2) is 37.0 Å². The van der Waals surface area contributed by atoms with Crippen molar-refractivity contribution in [3.8, 4) is 17.2 Å². The normalized spacial score (nSPS) is 11.8. The number of methoxy groups -OCH3 is 2. The molecular weight excluding hydrogens is 240 g/mol. The second-order valence-electron chi connectivity index (χ2n) is 3.43. The molecule has 1 aromatic rings. The number of phenols is 1. The SMILES string of the molecule is CCOC(=O)C(O)c1cc(O)cc(OC)c1OC. The monoisotopic (exact) mass is 256 g/mol. The maximum atomic E-state index is 11.5. The van der Waals surface area contributed by atoms with Gasteiger partial charge in [-0.1, -0.05) is 0 Å². The Bertz CT molecular complexity index is 429. The van der Waals surface area contributed by atoms with E-state index in [1.165, 1.54) is 26.4 Å². The molecule has 0 spiro atoms. The first-order chi connectivity index (χ1) is 8.54. The average Bonchev–Trinajstić information content (AvgIpc) is 2.36. The van der Waals surface area contributed by atoms with Crippen molar-refractivity contribution in [2.75, 3.05) is 20.8 Å². The van der Waals surface area contributed by atoms with Crippen molar-refractivity contribution < 1.29 is 29.2 Å². The average molecular weight is 256 g/mol. The quantitative estimate of drug-likeness (QED) is 0.765. The summed E-state index contributed by atoms with van der Waals surface area (Å²) in [6.45, 7) is 1.78. The van der Waals surface area contributed by atoms with Crippen molar-refractivity contribution in [2.45, 2.75) is 13.0 Å². The summed E-state index contributed by atoms with van der Waals surface area (Å²) in [4.78, 5) is 11.5. The van der Waals surface area contributed by atoms with Crippen LogP contribution in [0.2, 0.25) is 0 Å². The molecule has 6 nitrogen and oxygen atoms in total. The number of rotatable bonds is 5. The summed E-state index contributed by atoms with van der Waals surface area (Å²) in [6, 6.07) is 2.54. The van der Waals surface area contributed by atoms with Crippen LogP contribution in [0.3, 0.4) is 0 Å². The van der Waals surface area contributed by atoms with E-state index in [0.29, 0.717) is 0 Å². The van der Waals surface area contributed by atoms with E-state index in [-0.39, 0.29) is 29.4 Å². The lowest BCUT2D eigenvalue weighted by Crippen LogP contribution is -2.16. The van der Waals surface area contributed by atoms with Gasteiger partial charge in [-0.3, -0.25) is 0 Å². The number of hydrogen-bond donors (Lipinski definition) is 2. The number of carbonyl (C=O) groups is 1. The lowest BCUT2D eigenvalue weighted by Gasteiger charge is -2.16. The lowest BCUT2D eigenvalue weighted by atomic mass is 10.1. The predicted molar refractivity (Wildman–Crippen MR) is 62.8 cm³/mol. The topological polar surface area (TPSA) is 85.2 Å². The molecule has 0 fully saturated rings. The second kappa shape index (κ2) is 6.11. The van der Waals surface area contributed by atoms with Crippen LogP contribution in [0.15, 0.2) is 12.1 Å². The number of esters is 1. The summed E-state index contributed by atoms with van der Waals surface area (Å²) in [5.41, 5.74) is 0.0906. The van der Waals surface area contributed by atoms with E-state index in [2.05, 4.69) is 0 Å². The number of hydrogen-bond acceptors (Lipinski definition) is 6. The number of aromatic hydroxyl groups is 1. The van der Waals surface area contributed by atoms with Crippen LogP contribution < -0.4 is 9.47 Å². The Morgan fingerprint density at radius 1 is 1.33 bits per heavy atom. The van der Waals surface area contributed by atoms with Crippen molar-refractivity contribution >= 4 is 5.97 Å². The molecule has 0 aromatic heterocycles. The summed E-state index contributed by atoms with van der Waals surface area (Å²) < 4.78 is 14.8. The van der Waals surface area contributed by atoms with Crippen LogP contribution in [0.1, 0.15) is 18.6 Å². The van der Waals surface area contributed by atoms with E-state index >= 15 is 0 Å². The number of aliphatic hydroxyl groups is 1. The van der Waals surface area contributed by atoms with Crippen molar-refractivity contribution in [3.63, 3.8) is 0 Å². The third-order valence-corrected chi connectivity index (χ3v) is 2.30. The highest BCUT2D eigenvalue weighted by Gasteiger charge is 2.25. The Balaban J connectivity index is 3.21. The number of phenolic OH excluding ortho intramolecular Hbond substituents is 1. The van der Waals surface area contributed by atoms with Crippen molar-refractivity contribution in [1.29, 1.82) is 0 Å². The summed E-state index contributed by atoms with van der Waals surface area (Å²) in [5.74, 6) is -0.568. The first-order valence-corrected chi connectivity index (χ1v) is 5.34. The number of ether oxygens (including phenoxy) is 3. The van der Waals surface area contributed by atoms with E-state index in [1.54, 1.807) is 6.92 Å². The van der Waals surface area contributed by atoms with Gasteiger partial charge in [-0.05, 0) is 13.0 Å². The van der Waals surface area contributed by atoms with E-state index in [9.17, 15) is 15.0 Å². The summed E-state index contributed by atoms with van der Waals surface area (Å²) in [6.07, 6.45) is -1.54. The number of aliphatic hydroxyl groups excluding tert-OH is 1. The minimum Gasteiger partial charge on any atom is -0.508 e. The van der Waals surface area contributed by atoms with Crippen LogP contribution >= 0.6 is 0 Å². The Labute approximate surface area is 105 Å². The Morgan fingerprint density at radius 3 is 2.50 bits per heavy atom. The van der Waals surface area contributed by atoms with Crippen molar-refractivity contribution in [3.05, 3.63) is 17.7 Å². The smallest absolute Gasteiger partial charge is 0.339 e. The van der Waals surface area contributed by atoms with E-state index in [4.69, 9.17) is 14.2 Å². The molecule has 0 aliphatic carbocycles. The van der Waals surface area contributed by atoms with Gasteiger partial charge in [0, 0.05) is 11.6 Å². The Kier molecular flexibility index (Phi) is 4.79. The third-order valence-electron chi connectivity index (χ3n) is 2.30. The molecule has 100 valence electrons. The molecule has 1 unspecified atom stereocenters. The standard InChI is InChI=1S/C12H16O6/c1-4-18-12(15)10(14)8-5-7(13)6-9(16-2)11(8)17-3/h5-6,10,13-14H,4H2,1-3H3. The van der Waals surface area contributed by atoms with Gasteiger partial charge in [-0.15, -0.1) is 0 Å². The Morgan fingerprint density at radius 2 is 2.00 bits per heavy atom. The van der Waals surface area contributed by atoms with Gasteiger partial charge in [0.05, 0.1) is 20.8 Å². The second-order valence-corrected chi connectivity index (χ2v) is 3.43. The zero-order valence-electron chi connectivity index (χ0n) is 10.5. The van der Waals surface area contributed by atoms with Crippen LogP contribution in [0, 0.1) is 0 Å². The molecular formula is C12H16O6. The van der Waals surface area contributed by atoms with Gasteiger partial charge in [0.2, 0.25) is 0 Å². The maximum absolute atomic E-state index is 11.5. The lowest BCUT2D eigenvalue weighted by molar-refractivity contribution is -0.153. The van der Waals surface area contributed by atoms with Gasteiger partial charge in [0.25, 0.3) is 0 Å². The van der Waals surface area contributed by atoms with Crippen molar-refractivity contribution in [2.24, 2.45) is 0 Å². The van der Waals surface area contributed by atoms with Crippen LogP contribution in [0.25, 0.3) is 0 Å². The molecule has 1 rings (SSSR count). The molecule has 1 aromatic carbocycles. The highest BCUT2D eigenvalue weighted by molar-refractivity contribution is 5.78. The fourth-order valence-corrected chi connectivity index (χ4v) is 1.53. The molecule has 2 N–H and O–H groups in total. The fourth-order valence-electron chi connectivity index (χ4n) is 1.53. The minimum atomic E-state index is -1.54. The molecule has 0 heterocycles. The van der Waals surface area contributed by atoms with Crippen LogP contribution in [0.5, 0.6) is 17.2 Å². The Hall–Kier alpha value is -1.95. The molecule has 0 amide bonds. The van der Waals surface area contributed by atoms with Gasteiger partial charge in [-0.2, -0.15) is 0 Å². The first kappa shape index (κ1) is 14.1. The van der Waals surface area contributed by atoms with E-state index in [1.807, 2.05) is 0 Å². The summed E-state index contributed by atoms with van der Waals surface area (Å²) >= 11 is 0. The molecule has 0 radical (unpaired) electrons. The third kappa shape index (κ3) is 2.84. The molecule has 0 saturated heterocycles. The zero-order chi connectivity index (χ0) is 13.7. The van der Waals surface area contributed by atoms with Gasteiger partial charge < -0.3 is 24.4 Å². The fraction of sp³-hybridized carbons (Fsp3) is 0.417. The van der Waals surface area contributed by atoms with Gasteiger partial charge >= 0.3 is 5.97 Å². The molecule has 0 bridgehead atoms. The van der Waals surface area contributed by atoms with E-state index in [0.717, 1.165) is 0 Å². The highest BCUT2D eigenvalue weighted by Crippen LogP contribution is 2.38. The molecule has 1 atom stereocenters. The van der Waals surface area contributed by atoms with Crippen LogP contribution in [0.4, 0.5) is 0 Å². The number of carbonyl (C=O) groups excluding carboxylic acids is 1. The highest BCUT2D eigenvalue weighted by atomic mass is 16.5. The predicted octanol–water partition coefficient (Wildman–Crippen LogP) is 1.01. The van der Waals surface area contributed by atoms with Crippen LogP contribution in [-0.2, 0) is 9.53 Å². The maximum Gasteiger partial charge on any atom is 0.339 e. The number of benzene rings is 1. The largest absolute Gasteiger partial charge is 0.508 e. The van der Waals surface area contributed by atoms with Gasteiger partial charge in [0.1, 0.15) is 5.75 Å². The summed E-state index contributed by atoms with van der Waals surface area (Å²) in [7, 11) is 2.76. The van der Waals surface area contributed by atoms with Gasteiger partial charge in [-0.25, -0.2) is 4.79 Å². The molecule has 0 aliphatic heterocycles. The molecule has 0 aliphatic rings. The minimum absolute atomic E-state index is 0.0906. The first-order valence-electron chi connectivity index (χ1n) is 5.34. The van der Waals surface area contributed by atoms with Gasteiger partial charge in [0.15, 0.2) is 17.6 Å². The molecule has 0 saturated carbocycles. The van der Waals surface area contributed by atoms with E-state index < -0.39 is 12.1 Å². The molecule has 6 heteroatoms. The van der Waals surface area contributed by atoms with Crippen molar-refractivity contribution in [1.82, 2.24) is 0 Å². The summed E-state index contributed by atoms with van der Waals surface area (Å²) in [5, 5.41) is 19.4.